The molecule has 0 N–H and O–H groups in total. The lowest BCUT2D eigenvalue weighted by Crippen LogP contribution is -2.49. The molecular formula is C27H28F3N5O4S. The van der Waals surface area contributed by atoms with Gasteiger partial charge in [0.05, 0.1) is 17.2 Å². The number of anilines is 2. The van der Waals surface area contributed by atoms with Gasteiger partial charge >= 0.3 is 12.1 Å². The zero-order valence-corrected chi connectivity index (χ0v) is 22.7. The second-order valence-corrected chi connectivity index (χ2v) is 11.6. The van der Waals surface area contributed by atoms with Gasteiger partial charge in [-0.3, -0.25) is 4.79 Å². The summed E-state index contributed by atoms with van der Waals surface area (Å²) in [4.78, 5) is 23.3. The van der Waals surface area contributed by atoms with Crippen molar-refractivity contribution in [3.8, 4) is 17.0 Å². The Bertz CT molecular complexity index is 1510. The van der Waals surface area contributed by atoms with Crippen LogP contribution < -0.4 is 14.5 Å². The van der Waals surface area contributed by atoms with Crippen molar-refractivity contribution in [1.29, 1.82) is 0 Å². The van der Waals surface area contributed by atoms with Gasteiger partial charge < -0.3 is 14.5 Å². The third-order valence-electron chi connectivity index (χ3n) is 7.04. The number of carbonyl (C=O) groups is 1. The summed E-state index contributed by atoms with van der Waals surface area (Å²) in [6.45, 7) is 5.20. The van der Waals surface area contributed by atoms with Gasteiger partial charge in [0.25, 0.3) is 0 Å². The molecule has 1 aromatic heterocycles. The number of rotatable bonds is 6. The van der Waals surface area contributed by atoms with Crippen LogP contribution in [0, 0.1) is 0 Å². The maximum absolute atomic E-state index is 13.4. The van der Waals surface area contributed by atoms with Crippen LogP contribution in [0.25, 0.3) is 11.3 Å². The fourth-order valence-corrected chi connectivity index (χ4v) is 6.56. The highest BCUT2D eigenvalue weighted by Gasteiger charge is 2.47. The second-order valence-electron chi connectivity index (χ2n) is 9.63. The number of ether oxygens (including phenoxy) is 1. The molecule has 13 heteroatoms. The average molecular weight is 576 g/mol. The highest BCUT2D eigenvalue weighted by molar-refractivity contribution is 7.89. The van der Waals surface area contributed by atoms with Crippen LogP contribution >= 0.6 is 0 Å². The van der Waals surface area contributed by atoms with E-state index in [2.05, 4.69) is 9.97 Å². The molecule has 1 atom stereocenters. The molecule has 2 aliphatic heterocycles. The predicted octanol–water partition coefficient (Wildman–Crippen LogP) is 3.89. The Morgan fingerprint density at radius 1 is 1.02 bits per heavy atom. The number of piperazine rings is 1. The van der Waals surface area contributed by atoms with Crippen molar-refractivity contribution < 1.29 is 31.1 Å². The van der Waals surface area contributed by atoms with Crippen molar-refractivity contribution >= 4 is 27.4 Å². The molecule has 3 aromatic rings. The van der Waals surface area contributed by atoms with E-state index in [0.717, 1.165) is 17.0 Å². The monoisotopic (exact) mass is 575 g/mol. The Kier molecular flexibility index (Phi) is 7.44. The van der Waals surface area contributed by atoms with Crippen LogP contribution in [0.1, 0.15) is 19.4 Å². The molecule has 5 rings (SSSR count). The van der Waals surface area contributed by atoms with Gasteiger partial charge in [-0.15, -0.1) is 0 Å². The molecule has 212 valence electrons. The van der Waals surface area contributed by atoms with Crippen LogP contribution in [0.5, 0.6) is 5.75 Å². The van der Waals surface area contributed by atoms with Gasteiger partial charge in [-0.05, 0) is 68.3 Å². The molecule has 40 heavy (non-hydrogen) atoms. The van der Waals surface area contributed by atoms with Gasteiger partial charge in [0.1, 0.15) is 17.9 Å². The van der Waals surface area contributed by atoms with E-state index < -0.39 is 28.1 Å². The minimum Gasteiger partial charge on any atom is -0.494 e. The van der Waals surface area contributed by atoms with E-state index in [9.17, 15) is 26.4 Å². The lowest BCUT2D eigenvalue weighted by atomic mass is 10.1. The number of amides is 1. The van der Waals surface area contributed by atoms with Crippen LogP contribution in [0.2, 0.25) is 0 Å². The smallest absolute Gasteiger partial charge is 0.471 e. The molecular weight excluding hydrogens is 547 g/mol. The van der Waals surface area contributed by atoms with Crippen molar-refractivity contribution in [3.63, 3.8) is 0 Å². The lowest BCUT2D eigenvalue weighted by molar-refractivity contribution is -0.170. The number of aromatic nitrogens is 2. The molecule has 3 heterocycles. The van der Waals surface area contributed by atoms with Crippen molar-refractivity contribution in [1.82, 2.24) is 14.3 Å². The summed E-state index contributed by atoms with van der Waals surface area (Å²) in [5.41, 5.74) is 2.11. The van der Waals surface area contributed by atoms with E-state index in [1.54, 1.807) is 0 Å². The molecule has 0 spiro atoms. The summed E-state index contributed by atoms with van der Waals surface area (Å²) < 4.78 is 72.9. The van der Waals surface area contributed by atoms with Gasteiger partial charge in [0, 0.05) is 49.5 Å². The standard InChI is InChI=1S/C27H28F3N5O4S/c1-3-39-21-6-4-19(5-7-21)23-16-25(32-17-31-23)33-10-12-34(13-11-33)40(37,38)22-8-9-24-20(15-22)14-18(2)35(24)26(36)27(28,29)30/h4-9,15-18H,3,10-14H2,1-2H3. The van der Waals surface area contributed by atoms with Crippen LogP contribution in [0.15, 0.2) is 59.8 Å². The van der Waals surface area contributed by atoms with Crippen LogP contribution in [-0.2, 0) is 21.2 Å². The largest absolute Gasteiger partial charge is 0.494 e. The van der Waals surface area contributed by atoms with Crippen LogP contribution in [0.4, 0.5) is 24.7 Å². The number of alkyl halides is 3. The molecule has 2 aromatic carbocycles. The first-order valence-corrected chi connectivity index (χ1v) is 14.3. The Hall–Kier alpha value is -3.71. The van der Waals surface area contributed by atoms with Gasteiger partial charge in [0.15, 0.2) is 0 Å². The van der Waals surface area contributed by atoms with Crippen molar-refractivity contribution in [2.24, 2.45) is 0 Å². The highest BCUT2D eigenvalue weighted by atomic mass is 32.2. The minimum atomic E-state index is -5.01. The Morgan fingerprint density at radius 3 is 2.38 bits per heavy atom. The quantitative estimate of drug-likeness (QED) is 0.440. The normalized spacial score (nSPS) is 18.1. The van der Waals surface area contributed by atoms with Crippen LogP contribution in [0.3, 0.4) is 0 Å². The Morgan fingerprint density at radius 2 is 1.73 bits per heavy atom. The number of carbonyl (C=O) groups excluding carboxylic acids is 1. The van der Waals surface area contributed by atoms with E-state index in [-0.39, 0.29) is 30.1 Å². The minimum absolute atomic E-state index is 0.00645. The van der Waals surface area contributed by atoms with Crippen LogP contribution in [-0.4, -0.2) is 73.6 Å². The number of fused-ring (bicyclic) bond motifs is 1. The van der Waals surface area contributed by atoms with Gasteiger partial charge in [0.2, 0.25) is 10.0 Å². The lowest BCUT2D eigenvalue weighted by Gasteiger charge is -2.34. The molecule has 1 unspecified atom stereocenters. The number of nitrogens with zero attached hydrogens (tertiary/aromatic N) is 5. The number of benzene rings is 2. The third-order valence-corrected chi connectivity index (χ3v) is 8.94. The highest BCUT2D eigenvalue weighted by Crippen LogP contribution is 2.37. The van der Waals surface area contributed by atoms with Crippen molar-refractivity contribution in [2.45, 2.75) is 37.4 Å². The molecule has 0 saturated carbocycles. The first-order chi connectivity index (χ1) is 19.0. The molecule has 0 radical (unpaired) electrons. The Labute approximate surface area is 230 Å². The average Bonchev–Trinajstić information content (AvgIpc) is 3.27. The summed E-state index contributed by atoms with van der Waals surface area (Å²) in [6.07, 6.45) is -3.40. The van der Waals surface area contributed by atoms with E-state index in [0.29, 0.717) is 36.0 Å². The fraction of sp³-hybridized carbons (Fsp3) is 0.370. The Balaban J connectivity index is 1.28. The molecule has 1 fully saturated rings. The second kappa shape index (κ2) is 10.7. The summed E-state index contributed by atoms with van der Waals surface area (Å²) in [5, 5.41) is 0. The van der Waals surface area contributed by atoms with Gasteiger partial charge in [-0.2, -0.15) is 17.5 Å². The third kappa shape index (κ3) is 5.35. The summed E-state index contributed by atoms with van der Waals surface area (Å²) in [7, 11) is -3.90. The molecule has 1 saturated heterocycles. The SMILES string of the molecule is CCOc1ccc(-c2cc(N3CCN(S(=O)(=O)c4ccc5c(c4)CC(C)N5C(=O)C(F)(F)F)CC3)ncn2)cc1. The molecule has 1 amide bonds. The molecule has 9 nitrogen and oxygen atoms in total. The van der Waals surface area contributed by atoms with E-state index in [1.807, 2.05) is 42.2 Å². The van der Waals surface area contributed by atoms with E-state index in [4.69, 9.17) is 4.74 Å². The maximum Gasteiger partial charge on any atom is 0.471 e. The van der Waals surface area contributed by atoms with Crippen molar-refractivity contribution in [2.75, 3.05) is 42.6 Å². The van der Waals surface area contributed by atoms with Gasteiger partial charge in [-0.25, -0.2) is 18.4 Å². The molecule has 2 aliphatic rings. The number of sulfonamides is 1. The maximum atomic E-state index is 13.4. The fourth-order valence-electron chi connectivity index (χ4n) is 5.09. The van der Waals surface area contributed by atoms with Crippen molar-refractivity contribution in [3.05, 3.63) is 60.4 Å². The van der Waals surface area contributed by atoms with E-state index in [1.165, 1.54) is 35.8 Å². The number of hydrogen-bond donors (Lipinski definition) is 0. The zero-order chi connectivity index (χ0) is 28.7. The van der Waals surface area contributed by atoms with E-state index >= 15 is 0 Å². The number of halogens is 3. The summed E-state index contributed by atoms with van der Waals surface area (Å²) in [6, 6.07) is 12.6. The van der Waals surface area contributed by atoms with Gasteiger partial charge in [-0.1, -0.05) is 0 Å². The molecule has 0 aliphatic carbocycles. The predicted molar refractivity (Wildman–Crippen MR) is 143 cm³/mol. The topological polar surface area (TPSA) is 95.9 Å². The number of hydrogen-bond acceptors (Lipinski definition) is 7. The first kappa shape index (κ1) is 27.8. The summed E-state index contributed by atoms with van der Waals surface area (Å²) in [5.74, 6) is -0.513. The first-order valence-electron chi connectivity index (χ1n) is 12.8. The zero-order valence-electron chi connectivity index (χ0n) is 21.9. The molecule has 0 bridgehead atoms. The summed E-state index contributed by atoms with van der Waals surface area (Å²) >= 11 is 0.